The van der Waals surface area contributed by atoms with Gasteiger partial charge in [-0.05, 0) is 74.7 Å². The van der Waals surface area contributed by atoms with Crippen molar-refractivity contribution in [1.29, 1.82) is 0 Å². The van der Waals surface area contributed by atoms with Gasteiger partial charge in [-0.1, -0.05) is 15.9 Å². The highest BCUT2D eigenvalue weighted by Crippen LogP contribution is 2.35. The summed E-state index contributed by atoms with van der Waals surface area (Å²) in [5.74, 6) is 0. The van der Waals surface area contributed by atoms with Crippen LogP contribution in [0.15, 0.2) is 48.6 Å². The third-order valence-corrected chi connectivity index (χ3v) is 5.66. The molecule has 0 atom stereocenters. The number of nitrogen functional groups attached to an aromatic ring is 1. The summed E-state index contributed by atoms with van der Waals surface area (Å²) in [4.78, 5) is 0.127. The molecule has 0 amide bonds. The normalized spacial score (nSPS) is 11.4. The number of halogens is 3. The van der Waals surface area contributed by atoms with E-state index >= 15 is 0 Å². The van der Waals surface area contributed by atoms with Gasteiger partial charge < -0.3 is 5.73 Å². The molecule has 0 radical (unpaired) electrons. The third-order valence-electron chi connectivity index (χ3n) is 2.63. The van der Waals surface area contributed by atoms with Crippen LogP contribution in [0.4, 0.5) is 11.4 Å². The Bertz CT molecular complexity index is 764. The summed E-state index contributed by atoms with van der Waals surface area (Å²) in [5, 5.41) is 0. The van der Waals surface area contributed by atoms with E-state index in [1.807, 2.05) is 0 Å². The molecular weight excluding hydrogens is 488 g/mol. The fourth-order valence-electron chi connectivity index (χ4n) is 1.76. The Hall–Kier alpha value is -0.570. The van der Waals surface area contributed by atoms with Crippen LogP contribution < -0.4 is 10.5 Å². The monoisotopic (exact) mass is 496 g/mol. The minimum Gasteiger partial charge on any atom is -0.399 e. The number of sulfonamides is 1. The van der Waals surface area contributed by atoms with Gasteiger partial charge in [0.15, 0.2) is 0 Å². The van der Waals surface area contributed by atoms with E-state index in [-0.39, 0.29) is 4.90 Å². The summed E-state index contributed by atoms with van der Waals surface area (Å²) < 4.78 is 29.6. The third kappa shape index (κ3) is 4.00. The fraction of sp³-hybridized carbons (Fsp3) is 0.0769. The van der Waals surface area contributed by atoms with Gasteiger partial charge in [-0.3, -0.25) is 4.72 Å². The Morgan fingerprint density at radius 1 is 1.00 bits per heavy atom. The Balaban J connectivity index is 2.47. The lowest BCUT2D eigenvalue weighted by Crippen LogP contribution is -2.14. The Morgan fingerprint density at radius 3 is 2.10 bits per heavy atom. The van der Waals surface area contributed by atoms with Crippen molar-refractivity contribution in [3.05, 3.63) is 49.3 Å². The van der Waals surface area contributed by atoms with Gasteiger partial charge in [0.2, 0.25) is 0 Å². The van der Waals surface area contributed by atoms with Gasteiger partial charge >= 0.3 is 0 Å². The van der Waals surface area contributed by atoms with E-state index in [1.54, 1.807) is 31.2 Å². The van der Waals surface area contributed by atoms with Crippen LogP contribution in [0.25, 0.3) is 0 Å². The summed E-state index contributed by atoms with van der Waals surface area (Å²) in [7, 11) is -3.72. The lowest BCUT2D eigenvalue weighted by atomic mass is 10.2. The summed E-state index contributed by atoms with van der Waals surface area (Å²) in [5.41, 5.74) is 7.33. The number of hydrogen-bond acceptors (Lipinski definition) is 3. The molecule has 0 aliphatic carbocycles. The van der Waals surface area contributed by atoms with Gasteiger partial charge in [0, 0.05) is 19.1 Å². The Morgan fingerprint density at radius 2 is 1.57 bits per heavy atom. The van der Waals surface area contributed by atoms with Crippen molar-refractivity contribution < 1.29 is 8.42 Å². The number of benzene rings is 2. The standard InChI is InChI=1S/C13H11Br3N2O2S/c1-7-2-9(17)6-10(3-7)21(19,20)18-13-11(15)4-8(14)5-12(13)16/h2-6,18H,17H2,1H3. The van der Waals surface area contributed by atoms with Crippen LogP contribution in [-0.4, -0.2) is 8.42 Å². The first kappa shape index (κ1) is 16.8. The van der Waals surface area contributed by atoms with Gasteiger partial charge in [-0.2, -0.15) is 0 Å². The molecular formula is C13H11Br3N2O2S. The molecule has 0 bridgehead atoms. The predicted molar refractivity (Wildman–Crippen MR) is 95.9 cm³/mol. The van der Waals surface area contributed by atoms with Crippen LogP contribution in [0.5, 0.6) is 0 Å². The van der Waals surface area contributed by atoms with E-state index in [9.17, 15) is 8.42 Å². The molecule has 8 heteroatoms. The highest BCUT2D eigenvalue weighted by atomic mass is 79.9. The molecule has 0 saturated heterocycles. The number of aryl methyl sites for hydroxylation is 1. The van der Waals surface area contributed by atoms with Crippen molar-refractivity contribution in [2.75, 3.05) is 10.5 Å². The number of nitrogens with two attached hydrogens (primary N) is 1. The maximum atomic E-state index is 12.5. The molecule has 0 spiro atoms. The van der Waals surface area contributed by atoms with Gasteiger partial charge in [0.05, 0.1) is 10.6 Å². The van der Waals surface area contributed by atoms with Gasteiger partial charge in [0.1, 0.15) is 0 Å². The number of nitrogens with one attached hydrogen (secondary N) is 1. The predicted octanol–water partition coefficient (Wildman–Crippen LogP) is 4.67. The van der Waals surface area contributed by atoms with Crippen molar-refractivity contribution in [2.24, 2.45) is 0 Å². The van der Waals surface area contributed by atoms with Crippen molar-refractivity contribution in [1.82, 2.24) is 0 Å². The van der Waals surface area contributed by atoms with Crippen molar-refractivity contribution >= 4 is 69.2 Å². The first-order chi connectivity index (χ1) is 9.69. The first-order valence-corrected chi connectivity index (χ1v) is 9.60. The minimum absolute atomic E-state index is 0.127. The number of hydrogen-bond donors (Lipinski definition) is 2. The van der Waals surface area contributed by atoms with E-state index in [4.69, 9.17) is 5.73 Å². The average Bonchev–Trinajstić information content (AvgIpc) is 2.32. The molecule has 0 fully saturated rings. The van der Waals surface area contributed by atoms with E-state index in [0.29, 0.717) is 20.3 Å². The smallest absolute Gasteiger partial charge is 0.262 e. The molecule has 0 aliphatic rings. The van der Waals surface area contributed by atoms with Crippen molar-refractivity contribution in [3.63, 3.8) is 0 Å². The molecule has 2 rings (SSSR count). The lowest BCUT2D eigenvalue weighted by Gasteiger charge is -2.13. The highest BCUT2D eigenvalue weighted by Gasteiger charge is 2.18. The van der Waals surface area contributed by atoms with Crippen LogP contribution in [0.2, 0.25) is 0 Å². The van der Waals surface area contributed by atoms with Crippen molar-refractivity contribution in [2.45, 2.75) is 11.8 Å². The molecule has 4 nitrogen and oxygen atoms in total. The second kappa shape index (κ2) is 6.28. The lowest BCUT2D eigenvalue weighted by molar-refractivity contribution is 0.601. The Kier molecular flexibility index (Phi) is 5.02. The van der Waals surface area contributed by atoms with Crippen LogP contribution in [0.1, 0.15) is 5.56 Å². The van der Waals surface area contributed by atoms with Gasteiger partial charge in [0.25, 0.3) is 10.0 Å². The molecule has 2 aromatic rings. The molecule has 0 aliphatic heterocycles. The first-order valence-electron chi connectivity index (χ1n) is 5.73. The zero-order valence-electron chi connectivity index (χ0n) is 10.8. The van der Waals surface area contributed by atoms with Gasteiger partial charge in [-0.25, -0.2) is 8.42 Å². The molecule has 0 saturated carbocycles. The summed E-state index contributed by atoms with van der Waals surface area (Å²) in [6.45, 7) is 1.79. The van der Waals surface area contributed by atoms with Crippen LogP contribution >= 0.6 is 47.8 Å². The van der Waals surface area contributed by atoms with Gasteiger partial charge in [-0.15, -0.1) is 0 Å². The molecule has 21 heavy (non-hydrogen) atoms. The molecule has 2 aromatic carbocycles. The van der Waals surface area contributed by atoms with Crippen molar-refractivity contribution in [3.8, 4) is 0 Å². The minimum atomic E-state index is -3.72. The maximum absolute atomic E-state index is 12.5. The second-order valence-electron chi connectivity index (χ2n) is 4.43. The molecule has 3 N–H and O–H groups in total. The zero-order valence-corrected chi connectivity index (χ0v) is 16.4. The summed E-state index contributed by atoms with van der Waals surface area (Å²) >= 11 is 10.0. The summed E-state index contributed by atoms with van der Waals surface area (Å²) in [6.07, 6.45) is 0. The maximum Gasteiger partial charge on any atom is 0.262 e. The largest absolute Gasteiger partial charge is 0.399 e. The quantitative estimate of drug-likeness (QED) is 0.604. The number of anilines is 2. The molecule has 112 valence electrons. The van der Waals surface area contributed by atoms with Crippen LogP contribution in [0, 0.1) is 6.92 Å². The molecule has 0 aromatic heterocycles. The van der Waals surface area contributed by atoms with Crippen LogP contribution in [0.3, 0.4) is 0 Å². The van der Waals surface area contributed by atoms with E-state index in [0.717, 1.165) is 10.0 Å². The van der Waals surface area contributed by atoms with E-state index in [2.05, 4.69) is 52.5 Å². The van der Waals surface area contributed by atoms with Crippen LogP contribution in [-0.2, 0) is 10.0 Å². The fourth-order valence-corrected chi connectivity index (χ4v) is 5.72. The molecule has 0 unspecified atom stereocenters. The Labute approximate surface area is 148 Å². The summed E-state index contributed by atoms with van der Waals surface area (Å²) in [6, 6.07) is 8.22. The average molecular weight is 499 g/mol. The SMILES string of the molecule is Cc1cc(N)cc(S(=O)(=O)Nc2c(Br)cc(Br)cc2Br)c1. The number of rotatable bonds is 3. The van der Waals surface area contributed by atoms with E-state index < -0.39 is 10.0 Å². The second-order valence-corrected chi connectivity index (χ2v) is 8.74. The topological polar surface area (TPSA) is 72.2 Å². The highest BCUT2D eigenvalue weighted by molar-refractivity contribution is 9.11. The zero-order chi connectivity index (χ0) is 15.8. The van der Waals surface area contributed by atoms with E-state index in [1.165, 1.54) is 6.07 Å². The molecule has 0 heterocycles.